The summed E-state index contributed by atoms with van der Waals surface area (Å²) in [5.41, 5.74) is 6.56. The molecule has 20 heavy (non-hydrogen) atoms. The summed E-state index contributed by atoms with van der Waals surface area (Å²) in [5, 5.41) is 2.57. The molecule has 0 bridgehead atoms. The number of hydrogen-bond acceptors (Lipinski definition) is 3. The van der Waals surface area contributed by atoms with Crippen LogP contribution in [0.15, 0.2) is 30.3 Å². The van der Waals surface area contributed by atoms with E-state index in [1.54, 1.807) is 18.9 Å². The smallest absolute Gasteiger partial charge is 0.242 e. The Hall–Kier alpha value is -1.59. The molecule has 0 aromatic heterocycles. The zero-order valence-corrected chi connectivity index (χ0v) is 12.7. The number of nitrogens with two attached hydrogens (primary N) is 1. The van der Waals surface area contributed by atoms with Gasteiger partial charge < -0.3 is 16.0 Å². The molecule has 0 fully saturated rings. The first-order chi connectivity index (χ1) is 8.99. The minimum absolute atomic E-state index is 0. The normalized spacial score (nSPS) is 11.2. The summed E-state index contributed by atoms with van der Waals surface area (Å²) in [5.74, 6) is -0.321. The second kappa shape index (κ2) is 9.34. The van der Waals surface area contributed by atoms with Gasteiger partial charge in [-0.05, 0) is 12.5 Å². The highest BCUT2D eigenvalue weighted by Crippen LogP contribution is 2.02. The molecule has 6 heteroatoms. The van der Waals surface area contributed by atoms with E-state index in [4.69, 9.17) is 5.73 Å². The first-order valence-corrected chi connectivity index (χ1v) is 6.29. The molecule has 3 N–H and O–H groups in total. The second-order valence-corrected chi connectivity index (χ2v) is 4.69. The molecule has 0 radical (unpaired) electrons. The predicted molar refractivity (Wildman–Crippen MR) is 81.4 cm³/mol. The van der Waals surface area contributed by atoms with Crippen LogP contribution in [0.4, 0.5) is 0 Å². The number of carbonyl (C=O) groups is 2. The van der Waals surface area contributed by atoms with Crippen molar-refractivity contribution in [1.82, 2.24) is 10.2 Å². The number of hydrogen-bond donors (Lipinski definition) is 2. The summed E-state index contributed by atoms with van der Waals surface area (Å²) < 4.78 is 0. The van der Waals surface area contributed by atoms with Crippen molar-refractivity contribution in [2.24, 2.45) is 5.73 Å². The number of halogens is 1. The quantitative estimate of drug-likeness (QED) is 0.820. The lowest BCUT2D eigenvalue weighted by Crippen LogP contribution is -2.39. The van der Waals surface area contributed by atoms with Gasteiger partial charge >= 0.3 is 0 Å². The molecule has 1 aromatic rings. The zero-order chi connectivity index (χ0) is 14.3. The molecule has 112 valence electrons. The fraction of sp³-hybridized carbons (Fsp3) is 0.429. The lowest BCUT2D eigenvalue weighted by atomic mass is 10.2. The van der Waals surface area contributed by atoms with Crippen molar-refractivity contribution in [2.75, 3.05) is 13.6 Å². The molecule has 0 aliphatic rings. The van der Waals surface area contributed by atoms with E-state index in [-0.39, 0.29) is 43.2 Å². The maximum Gasteiger partial charge on any atom is 0.242 e. The van der Waals surface area contributed by atoms with Crippen molar-refractivity contribution in [3.63, 3.8) is 0 Å². The molecular weight excluding hydrogens is 278 g/mol. The topological polar surface area (TPSA) is 75.4 Å². The maximum absolute atomic E-state index is 11.8. The van der Waals surface area contributed by atoms with Crippen LogP contribution < -0.4 is 11.1 Å². The van der Waals surface area contributed by atoms with Crippen LogP contribution in [0.1, 0.15) is 18.9 Å². The number of nitrogens with zero attached hydrogens (tertiary/aromatic N) is 1. The van der Waals surface area contributed by atoms with Crippen LogP contribution in [-0.4, -0.2) is 36.3 Å². The average molecular weight is 300 g/mol. The number of carbonyl (C=O) groups excluding carboxylic acids is 2. The molecular formula is C14H22ClN3O2. The van der Waals surface area contributed by atoms with E-state index in [9.17, 15) is 9.59 Å². The van der Waals surface area contributed by atoms with Crippen molar-refractivity contribution in [1.29, 1.82) is 0 Å². The van der Waals surface area contributed by atoms with Gasteiger partial charge in [0, 0.05) is 26.1 Å². The molecule has 0 spiro atoms. The van der Waals surface area contributed by atoms with Gasteiger partial charge in [-0.1, -0.05) is 30.3 Å². The summed E-state index contributed by atoms with van der Waals surface area (Å²) in [6.07, 6.45) is 0.232. The molecule has 2 amide bonds. The monoisotopic (exact) mass is 299 g/mol. The second-order valence-electron chi connectivity index (χ2n) is 4.69. The third kappa shape index (κ3) is 7.11. The van der Waals surface area contributed by atoms with Gasteiger partial charge in [0.2, 0.25) is 11.8 Å². The predicted octanol–water partition coefficient (Wildman–Crippen LogP) is 0.920. The van der Waals surface area contributed by atoms with Crippen LogP contribution in [0.2, 0.25) is 0 Å². The summed E-state index contributed by atoms with van der Waals surface area (Å²) in [7, 11) is 1.72. The van der Waals surface area contributed by atoms with Gasteiger partial charge in [-0.2, -0.15) is 0 Å². The van der Waals surface area contributed by atoms with E-state index in [0.717, 1.165) is 5.56 Å². The van der Waals surface area contributed by atoms with Crippen molar-refractivity contribution in [3.8, 4) is 0 Å². The van der Waals surface area contributed by atoms with E-state index in [1.165, 1.54) is 0 Å². The Morgan fingerprint density at radius 3 is 2.45 bits per heavy atom. The van der Waals surface area contributed by atoms with Gasteiger partial charge in [0.1, 0.15) is 0 Å². The van der Waals surface area contributed by atoms with Crippen LogP contribution in [0.5, 0.6) is 0 Å². The largest absolute Gasteiger partial charge is 0.347 e. The molecule has 1 unspecified atom stereocenters. The van der Waals surface area contributed by atoms with Gasteiger partial charge in [0.05, 0.1) is 6.54 Å². The molecule has 0 aliphatic carbocycles. The first kappa shape index (κ1) is 18.4. The maximum atomic E-state index is 11.8. The number of benzene rings is 1. The van der Waals surface area contributed by atoms with Crippen LogP contribution >= 0.6 is 12.4 Å². The minimum atomic E-state index is -0.198. The summed E-state index contributed by atoms with van der Waals surface area (Å²) in [6.45, 7) is 2.29. The van der Waals surface area contributed by atoms with Crippen molar-refractivity contribution in [2.45, 2.75) is 25.9 Å². The zero-order valence-electron chi connectivity index (χ0n) is 11.8. The molecule has 0 heterocycles. The van der Waals surface area contributed by atoms with Gasteiger partial charge in [-0.15, -0.1) is 12.4 Å². The number of nitrogens with one attached hydrogen (secondary N) is 1. The Bertz CT molecular complexity index is 424. The summed E-state index contributed by atoms with van der Waals surface area (Å²) in [6, 6.07) is 9.50. The molecule has 1 aromatic carbocycles. The van der Waals surface area contributed by atoms with Gasteiger partial charge in [-0.3, -0.25) is 9.59 Å². The summed E-state index contributed by atoms with van der Waals surface area (Å²) in [4.78, 5) is 24.8. The molecule has 1 rings (SSSR count). The average Bonchev–Trinajstić information content (AvgIpc) is 2.36. The Morgan fingerprint density at radius 2 is 1.90 bits per heavy atom. The van der Waals surface area contributed by atoms with Crippen LogP contribution in [0.3, 0.4) is 0 Å². The van der Waals surface area contributed by atoms with E-state index in [1.807, 2.05) is 30.3 Å². The van der Waals surface area contributed by atoms with Crippen LogP contribution in [0.25, 0.3) is 0 Å². The van der Waals surface area contributed by atoms with Gasteiger partial charge in [-0.25, -0.2) is 0 Å². The number of rotatable bonds is 6. The molecule has 0 saturated carbocycles. The molecule has 0 aliphatic heterocycles. The Balaban J connectivity index is 0.00000361. The van der Waals surface area contributed by atoms with Gasteiger partial charge in [0.25, 0.3) is 0 Å². The first-order valence-electron chi connectivity index (χ1n) is 6.29. The number of likely N-dealkylation sites (N-methyl/N-ethyl adjacent to an activating group) is 1. The molecule has 1 atom stereocenters. The fourth-order valence-corrected chi connectivity index (χ4v) is 1.62. The molecule has 5 nitrogen and oxygen atoms in total. The highest BCUT2D eigenvalue weighted by molar-refractivity contribution is 5.85. The third-order valence-electron chi connectivity index (χ3n) is 2.63. The van der Waals surface area contributed by atoms with Crippen LogP contribution in [-0.2, 0) is 16.1 Å². The molecule has 0 saturated heterocycles. The SMILES string of the molecule is CC(N)CC(=O)NCC(=O)N(C)Cc1ccccc1.Cl. The van der Waals surface area contributed by atoms with E-state index in [2.05, 4.69) is 5.32 Å². The third-order valence-corrected chi connectivity index (χ3v) is 2.63. The Labute approximate surface area is 125 Å². The van der Waals surface area contributed by atoms with E-state index >= 15 is 0 Å². The fourth-order valence-electron chi connectivity index (χ4n) is 1.62. The van der Waals surface area contributed by atoms with E-state index in [0.29, 0.717) is 6.54 Å². The lowest BCUT2D eigenvalue weighted by Gasteiger charge is -2.17. The van der Waals surface area contributed by atoms with Gasteiger partial charge in [0.15, 0.2) is 0 Å². The standard InChI is InChI=1S/C14H21N3O2.ClH/c1-11(15)8-13(18)16-9-14(19)17(2)10-12-6-4-3-5-7-12;/h3-7,11H,8-10,15H2,1-2H3,(H,16,18);1H. The van der Waals surface area contributed by atoms with Crippen molar-refractivity contribution in [3.05, 3.63) is 35.9 Å². The lowest BCUT2D eigenvalue weighted by molar-refractivity contribution is -0.132. The van der Waals surface area contributed by atoms with Crippen molar-refractivity contribution >= 4 is 24.2 Å². The highest BCUT2D eigenvalue weighted by atomic mass is 35.5. The Morgan fingerprint density at radius 1 is 1.30 bits per heavy atom. The van der Waals surface area contributed by atoms with E-state index < -0.39 is 0 Å². The van der Waals surface area contributed by atoms with Crippen LogP contribution in [0, 0.1) is 0 Å². The Kier molecular flexibility index (Phi) is 8.59. The summed E-state index contributed by atoms with van der Waals surface area (Å²) >= 11 is 0. The number of amides is 2. The highest BCUT2D eigenvalue weighted by Gasteiger charge is 2.11. The van der Waals surface area contributed by atoms with Crippen molar-refractivity contribution < 1.29 is 9.59 Å². The minimum Gasteiger partial charge on any atom is -0.347 e.